The van der Waals surface area contributed by atoms with Crippen molar-refractivity contribution in [3.63, 3.8) is 0 Å². The van der Waals surface area contributed by atoms with E-state index < -0.39 is 46.7 Å². The number of halogens is 7. The lowest BCUT2D eigenvalue weighted by atomic mass is 9.91. The Morgan fingerprint density at radius 1 is 0.952 bits per heavy atom. The number of nitrogens with one attached hydrogen (secondary N) is 2. The second-order valence-electron chi connectivity index (χ2n) is 10.4. The second-order valence-corrected chi connectivity index (χ2v) is 10.4. The molecule has 4 rings (SSSR count). The molecule has 2 aliphatic rings. The van der Waals surface area contributed by atoms with E-state index in [-0.39, 0.29) is 37.4 Å². The van der Waals surface area contributed by atoms with Crippen LogP contribution in [0.5, 0.6) is 0 Å². The highest BCUT2D eigenvalue weighted by Gasteiger charge is 2.71. The molecule has 1 aliphatic heterocycles. The maximum atomic E-state index is 14.6. The number of rotatable bonds is 7. The van der Waals surface area contributed by atoms with Crippen LogP contribution in [0.1, 0.15) is 34.3 Å². The van der Waals surface area contributed by atoms with Crippen molar-refractivity contribution < 1.29 is 45.4 Å². The molecule has 1 saturated heterocycles. The third-order valence-electron chi connectivity index (χ3n) is 7.40. The molecule has 1 heterocycles. The van der Waals surface area contributed by atoms with Gasteiger partial charge in [-0.3, -0.25) is 9.69 Å². The zero-order valence-corrected chi connectivity index (χ0v) is 21.9. The van der Waals surface area contributed by atoms with Gasteiger partial charge in [-0.15, -0.1) is 0 Å². The minimum atomic E-state index is -5.97. The Hall–Kier alpha value is -3.90. The number of hydrogen-bond donors (Lipinski definition) is 3. The molecule has 2 aromatic rings. The number of nitriles is 1. The van der Waals surface area contributed by atoms with E-state index in [1.165, 1.54) is 17.0 Å². The van der Waals surface area contributed by atoms with Crippen LogP contribution in [0.25, 0.3) is 0 Å². The molecular weight excluding hydrogens is 575 g/mol. The molecule has 226 valence electrons. The molecule has 1 saturated carbocycles. The Morgan fingerprint density at radius 3 is 2.05 bits per heavy atom. The molecule has 8 nitrogen and oxygen atoms in total. The third kappa shape index (κ3) is 6.44. The quantitative estimate of drug-likeness (QED) is 0.405. The Bertz CT molecular complexity index is 1350. The van der Waals surface area contributed by atoms with E-state index in [4.69, 9.17) is 5.26 Å². The molecule has 15 heteroatoms. The number of piperazine rings is 1. The van der Waals surface area contributed by atoms with Gasteiger partial charge in [-0.25, -0.2) is 9.18 Å². The highest BCUT2D eigenvalue weighted by Crippen LogP contribution is 2.50. The van der Waals surface area contributed by atoms with Gasteiger partial charge in [0.15, 0.2) is 0 Å². The van der Waals surface area contributed by atoms with Crippen LogP contribution in [-0.4, -0.2) is 71.9 Å². The average molecular weight is 602 g/mol. The summed E-state index contributed by atoms with van der Waals surface area (Å²) in [5.74, 6) is -1.29. The predicted molar refractivity (Wildman–Crippen MR) is 134 cm³/mol. The fraction of sp³-hybridized carbons (Fsp3) is 0.444. The molecule has 42 heavy (non-hydrogen) atoms. The minimum Gasteiger partial charge on any atom is -0.369 e. The second kappa shape index (κ2) is 11.4. The third-order valence-corrected chi connectivity index (χ3v) is 7.40. The van der Waals surface area contributed by atoms with Crippen LogP contribution in [0.2, 0.25) is 0 Å². The Kier molecular flexibility index (Phi) is 8.43. The highest BCUT2D eigenvalue weighted by atomic mass is 19.4. The molecule has 2 aromatic carbocycles. The van der Waals surface area contributed by atoms with Crippen molar-refractivity contribution in [2.24, 2.45) is 5.41 Å². The SMILES string of the molecule is N#CC1(CNC(=O)Nc2ccc(C(=O)N3CCN(Cc4ccc(C(O)(C(F)(F)F)C(F)(F)F)cc4)CC3)cc2F)CC1. The number of carbonyl (C=O) groups is 2. The lowest BCUT2D eigenvalue weighted by Gasteiger charge is -2.35. The van der Waals surface area contributed by atoms with Crippen molar-refractivity contribution in [2.45, 2.75) is 37.3 Å². The summed E-state index contributed by atoms with van der Waals surface area (Å²) in [5.41, 5.74) is -6.61. The summed E-state index contributed by atoms with van der Waals surface area (Å²) in [4.78, 5) is 28.2. The molecule has 2 fully saturated rings. The van der Waals surface area contributed by atoms with E-state index in [0.717, 1.165) is 18.2 Å². The minimum absolute atomic E-state index is 0.0470. The largest absolute Gasteiger partial charge is 0.430 e. The zero-order valence-electron chi connectivity index (χ0n) is 21.9. The summed E-state index contributed by atoms with van der Waals surface area (Å²) in [6.07, 6.45) is -10.6. The summed E-state index contributed by atoms with van der Waals surface area (Å²) in [6.45, 7) is 1.42. The van der Waals surface area contributed by atoms with Gasteiger partial charge in [0.25, 0.3) is 11.5 Å². The van der Waals surface area contributed by atoms with Gasteiger partial charge in [0.1, 0.15) is 5.82 Å². The van der Waals surface area contributed by atoms with Crippen LogP contribution >= 0.6 is 0 Å². The fourth-order valence-electron chi connectivity index (χ4n) is 4.53. The molecule has 0 unspecified atom stereocenters. The van der Waals surface area contributed by atoms with Crippen molar-refractivity contribution in [3.05, 3.63) is 65.0 Å². The molecule has 0 aromatic heterocycles. The first kappa shape index (κ1) is 31.0. The molecular formula is C27H26F7N5O3. The van der Waals surface area contributed by atoms with Gasteiger partial charge < -0.3 is 20.6 Å². The Morgan fingerprint density at radius 2 is 1.55 bits per heavy atom. The number of hydrogen-bond acceptors (Lipinski definition) is 5. The van der Waals surface area contributed by atoms with E-state index in [1.807, 2.05) is 4.90 Å². The van der Waals surface area contributed by atoms with E-state index in [2.05, 4.69) is 16.7 Å². The van der Waals surface area contributed by atoms with E-state index in [0.29, 0.717) is 43.6 Å². The van der Waals surface area contributed by atoms with Gasteiger partial charge in [-0.1, -0.05) is 24.3 Å². The van der Waals surface area contributed by atoms with Crippen molar-refractivity contribution >= 4 is 17.6 Å². The molecule has 0 atom stereocenters. The molecule has 3 N–H and O–H groups in total. The lowest BCUT2D eigenvalue weighted by molar-refractivity contribution is -0.376. The number of benzene rings is 2. The lowest BCUT2D eigenvalue weighted by Crippen LogP contribution is -2.53. The normalized spacial score (nSPS) is 17.4. The first-order valence-electron chi connectivity index (χ1n) is 12.8. The average Bonchev–Trinajstić information content (AvgIpc) is 3.72. The topological polar surface area (TPSA) is 109 Å². The van der Waals surface area contributed by atoms with E-state index >= 15 is 0 Å². The molecule has 1 aliphatic carbocycles. The summed E-state index contributed by atoms with van der Waals surface area (Å²) in [7, 11) is 0. The summed E-state index contributed by atoms with van der Waals surface area (Å²) in [6, 6.07) is 8.35. The van der Waals surface area contributed by atoms with Crippen LogP contribution in [0.15, 0.2) is 42.5 Å². The molecule has 3 amide bonds. The summed E-state index contributed by atoms with van der Waals surface area (Å²) < 4.78 is 93.2. The fourth-order valence-corrected chi connectivity index (χ4v) is 4.53. The van der Waals surface area contributed by atoms with Crippen LogP contribution in [-0.2, 0) is 12.1 Å². The van der Waals surface area contributed by atoms with Crippen LogP contribution in [0.3, 0.4) is 0 Å². The maximum absolute atomic E-state index is 14.6. The Balaban J connectivity index is 1.30. The number of anilines is 1. The zero-order chi connectivity index (χ0) is 30.9. The number of amides is 3. The first-order chi connectivity index (χ1) is 19.6. The van der Waals surface area contributed by atoms with Gasteiger partial charge in [0.2, 0.25) is 0 Å². The maximum Gasteiger partial charge on any atom is 0.430 e. The number of carbonyl (C=O) groups excluding carboxylic acids is 2. The van der Waals surface area contributed by atoms with E-state index in [1.54, 1.807) is 0 Å². The van der Waals surface area contributed by atoms with Crippen LogP contribution < -0.4 is 10.6 Å². The summed E-state index contributed by atoms with van der Waals surface area (Å²) in [5, 5.41) is 23.4. The van der Waals surface area contributed by atoms with Gasteiger partial charge in [-0.05, 0) is 36.6 Å². The number of nitrogens with zero attached hydrogens (tertiary/aromatic N) is 3. The monoisotopic (exact) mass is 601 g/mol. The first-order valence-corrected chi connectivity index (χ1v) is 12.8. The van der Waals surface area contributed by atoms with Crippen molar-refractivity contribution in [1.82, 2.24) is 15.1 Å². The van der Waals surface area contributed by atoms with Gasteiger partial charge in [0.05, 0.1) is 17.2 Å². The number of aliphatic hydroxyl groups is 1. The number of alkyl halides is 6. The van der Waals surface area contributed by atoms with Gasteiger partial charge in [0, 0.05) is 50.4 Å². The van der Waals surface area contributed by atoms with Crippen molar-refractivity contribution in [2.75, 3.05) is 38.0 Å². The Labute approximate surface area is 235 Å². The van der Waals surface area contributed by atoms with Crippen molar-refractivity contribution in [3.8, 4) is 6.07 Å². The molecule has 0 radical (unpaired) electrons. The smallest absolute Gasteiger partial charge is 0.369 e. The van der Waals surface area contributed by atoms with Crippen LogP contribution in [0, 0.1) is 22.6 Å². The van der Waals surface area contributed by atoms with Crippen molar-refractivity contribution in [1.29, 1.82) is 5.26 Å². The number of urea groups is 1. The van der Waals surface area contributed by atoms with Gasteiger partial charge >= 0.3 is 18.4 Å². The predicted octanol–water partition coefficient (Wildman–Crippen LogP) is 4.52. The van der Waals surface area contributed by atoms with E-state index in [9.17, 15) is 45.4 Å². The molecule has 0 bridgehead atoms. The summed E-state index contributed by atoms with van der Waals surface area (Å²) >= 11 is 0. The molecule has 0 spiro atoms. The standard InChI is InChI=1S/C27H26F7N5O3/c28-20-13-18(3-6-21(20)37-23(41)36-16-24(15-35)7-8-24)22(40)39-11-9-38(10-12-39)14-17-1-4-19(5-2-17)25(42,26(29,30)31)27(32,33)34/h1-6,13,42H,7-12,14,16H2,(H2,36,37,41). The highest BCUT2D eigenvalue weighted by molar-refractivity contribution is 5.95. The van der Waals surface area contributed by atoms with Crippen LogP contribution in [0.4, 0.5) is 41.2 Å². The van der Waals surface area contributed by atoms with Gasteiger partial charge in [-0.2, -0.15) is 31.6 Å².